The molecular formula is C25H27ClN4O3S. The zero-order valence-electron chi connectivity index (χ0n) is 19.4. The summed E-state index contributed by atoms with van der Waals surface area (Å²) in [6, 6.07) is 14.9. The number of hydrogen-bond donors (Lipinski definition) is 1. The van der Waals surface area contributed by atoms with Gasteiger partial charge in [-0.1, -0.05) is 66.7 Å². The number of halogens is 1. The van der Waals surface area contributed by atoms with Crippen molar-refractivity contribution >= 4 is 35.3 Å². The van der Waals surface area contributed by atoms with Crippen molar-refractivity contribution in [3.8, 4) is 5.75 Å². The molecule has 7 nitrogen and oxygen atoms in total. The molecule has 3 aromatic rings. The number of rotatable bonds is 9. The van der Waals surface area contributed by atoms with Gasteiger partial charge in [-0.25, -0.2) is 9.48 Å². The van der Waals surface area contributed by atoms with Crippen molar-refractivity contribution < 1.29 is 14.3 Å². The van der Waals surface area contributed by atoms with E-state index in [1.807, 2.05) is 69.3 Å². The minimum absolute atomic E-state index is 0.346. The summed E-state index contributed by atoms with van der Waals surface area (Å²) in [5.74, 6) is 1.50. The second kappa shape index (κ2) is 11.0. The Morgan fingerprint density at radius 3 is 2.71 bits per heavy atom. The summed E-state index contributed by atoms with van der Waals surface area (Å²) >= 11 is 7.80. The quantitative estimate of drug-likeness (QED) is 0.292. The van der Waals surface area contributed by atoms with Crippen molar-refractivity contribution in [2.75, 3.05) is 18.5 Å². The fourth-order valence-corrected chi connectivity index (χ4v) is 4.88. The second-order valence-corrected chi connectivity index (χ2v) is 9.07. The molecule has 0 aliphatic carbocycles. The lowest BCUT2D eigenvalue weighted by Gasteiger charge is -2.29. The van der Waals surface area contributed by atoms with E-state index >= 15 is 0 Å². The van der Waals surface area contributed by atoms with E-state index < -0.39 is 6.04 Å². The van der Waals surface area contributed by atoms with Crippen molar-refractivity contribution in [1.82, 2.24) is 14.8 Å². The Morgan fingerprint density at radius 1 is 1.18 bits per heavy atom. The van der Waals surface area contributed by atoms with E-state index in [1.165, 1.54) is 11.8 Å². The molecule has 1 N–H and O–H groups in total. The van der Waals surface area contributed by atoms with E-state index in [1.54, 1.807) is 4.68 Å². The van der Waals surface area contributed by atoms with Gasteiger partial charge in [-0.05, 0) is 38.0 Å². The van der Waals surface area contributed by atoms with E-state index in [0.717, 1.165) is 17.5 Å². The monoisotopic (exact) mass is 498 g/mol. The fraction of sp³-hybridized carbons (Fsp3) is 0.320. The Bertz CT molecular complexity index is 1210. The molecule has 34 heavy (non-hydrogen) atoms. The summed E-state index contributed by atoms with van der Waals surface area (Å²) in [7, 11) is 0. The molecule has 178 valence electrons. The smallest absolute Gasteiger partial charge is 0.338 e. The number of hydrogen-bond acceptors (Lipinski definition) is 7. The number of allylic oxidation sites excluding steroid dienone is 1. The number of fused-ring (bicyclic) bond motifs is 1. The first-order valence-corrected chi connectivity index (χ1v) is 12.6. The highest BCUT2D eigenvalue weighted by molar-refractivity contribution is 7.98. The van der Waals surface area contributed by atoms with Gasteiger partial charge in [0, 0.05) is 22.0 Å². The van der Waals surface area contributed by atoms with Crippen LogP contribution in [0, 0.1) is 0 Å². The number of benzene rings is 2. The van der Waals surface area contributed by atoms with E-state index in [2.05, 4.69) is 10.3 Å². The first-order valence-electron chi connectivity index (χ1n) is 11.2. The third kappa shape index (κ3) is 5.08. The molecular weight excluding hydrogens is 472 g/mol. The van der Waals surface area contributed by atoms with Gasteiger partial charge < -0.3 is 14.8 Å². The standard InChI is InChI=1S/C25H27ClN4O3S/c1-4-14-33-23(31)21-16(3)27-24-28-25(34-15-17-10-6-8-12-19(17)26)29-30(24)22(21)18-11-7-9-13-20(18)32-5-2/h6-13,22H,4-5,14-15H2,1-3H3,(H,27,28,29). The average molecular weight is 499 g/mol. The molecule has 9 heteroatoms. The van der Waals surface area contributed by atoms with Gasteiger partial charge in [-0.3, -0.25) is 0 Å². The summed E-state index contributed by atoms with van der Waals surface area (Å²) in [5, 5.41) is 9.29. The largest absolute Gasteiger partial charge is 0.494 e. The van der Waals surface area contributed by atoms with Crippen LogP contribution >= 0.6 is 23.4 Å². The van der Waals surface area contributed by atoms with Crippen LogP contribution in [0.3, 0.4) is 0 Å². The van der Waals surface area contributed by atoms with Crippen LogP contribution < -0.4 is 10.1 Å². The third-order valence-corrected chi connectivity index (χ3v) is 6.57. The van der Waals surface area contributed by atoms with Gasteiger partial charge >= 0.3 is 5.97 Å². The summed E-state index contributed by atoms with van der Waals surface area (Å²) in [6.45, 7) is 6.60. The van der Waals surface area contributed by atoms with Gasteiger partial charge in [0.05, 0.1) is 18.8 Å². The molecule has 0 bridgehead atoms. The number of carbonyl (C=O) groups is 1. The molecule has 1 aliphatic heterocycles. The van der Waals surface area contributed by atoms with Gasteiger partial charge in [0.15, 0.2) is 0 Å². The van der Waals surface area contributed by atoms with E-state index in [-0.39, 0.29) is 5.97 Å². The molecule has 0 fully saturated rings. The number of nitrogens with one attached hydrogen (secondary N) is 1. The van der Waals surface area contributed by atoms with Crippen LogP contribution in [0.2, 0.25) is 5.02 Å². The van der Waals surface area contributed by atoms with Gasteiger partial charge in [-0.15, -0.1) is 5.10 Å². The van der Waals surface area contributed by atoms with Crippen LogP contribution in [0.5, 0.6) is 5.75 Å². The molecule has 0 spiro atoms. The van der Waals surface area contributed by atoms with Crippen molar-refractivity contribution in [3.05, 3.63) is 76.0 Å². The van der Waals surface area contributed by atoms with E-state index in [0.29, 0.717) is 52.1 Å². The maximum atomic E-state index is 13.1. The summed E-state index contributed by atoms with van der Waals surface area (Å²) in [6.07, 6.45) is 0.739. The molecule has 0 radical (unpaired) electrons. The summed E-state index contributed by atoms with van der Waals surface area (Å²) in [5.41, 5.74) is 2.99. The molecule has 1 aromatic heterocycles. The van der Waals surface area contributed by atoms with Crippen LogP contribution in [-0.4, -0.2) is 33.9 Å². The molecule has 4 rings (SSSR count). The number of para-hydroxylation sites is 1. The maximum absolute atomic E-state index is 13.1. The Balaban J connectivity index is 1.73. The average Bonchev–Trinajstić information content (AvgIpc) is 3.24. The zero-order chi connectivity index (χ0) is 24.1. The first-order chi connectivity index (χ1) is 16.5. The zero-order valence-corrected chi connectivity index (χ0v) is 20.9. The maximum Gasteiger partial charge on any atom is 0.338 e. The van der Waals surface area contributed by atoms with Gasteiger partial charge in [0.25, 0.3) is 0 Å². The lowest BCUT2D eigenvalue weighted by atomic mass is 9.95. The molecule has 2 aromatic carbocycles. The first kappa shape index (κ1) is 24.2. The van der Waals surface area contributed by atoms with E-state index in [9.17, 15) is 4.79 Å². The van der Waals surface area contributed by atoms with Gasteiger partial charge in [0.1, 0.15) is 11.8 Å². The number of ether oxygens (including phenoxy) is 2. The highest BCUT2D eigenvalue weighted by Gasteiger charge is 2.36. The van der Waals surface area contributed by atoms with Crippen LogP contribution in [0.25, 0.3) is 0 Å². The number of aromatic nitrogens is 3. The number of nitrogens with zero attached hydrogens (tertiary/aromatic N) is 3. The molecule has 1 unspecified atom stereocenters. The summed E-state index contributed by atoms with van der Waals surface area (Å²) < 4.78 is 13.2. The Morgan fingerprint density at radius 2 is 1.94 bits per heavy atom. The van der Waals surface area contributed by atoms with Crippen LogP contribution in [0.4, 0.5) is 5.95 Å². The topological polar surface area (TPSA) is 78.3 Å². The lowest BCUT2D eigenvalue weighted by molar-refractivity contribution is -0.139. The number of thioether (sulfide) groups is 1. The van der Waals surface area contributed by atoms with Gasteiger partial charge in [0.2, 0.25) is 11.1 Å². The second-order valence-electron chi connectivity index (χ2n) is 7.72. The fourth-order valence-electron chi connectivity index (χ4n) is 3.77. The number of esters is 1. The highest BCUT2D eigenvalue weighted by Crippen LogP contribution is 2.40. The lowest BCUT2D eigenvalue weighted by Crippen LogP contribution is -2.30. The predicted molar refractivity (Wildman–Crippen MR) is 134 cm³/mol. The van der Waals surface area contributed by atoms with Gasteiger partial charge in [-0.2, -0.15) is 4.98 Å². The third-order valence-electron chi connectivity index (χ3n) is 5.32. The molecule has 2 heterocycles. The molecule has 1 aliphatic rings. The molecule has 0 saturated carbocycles. The van der Waals surface area contributed by atoms with Crippen LogP contribution in [0.1, 0.15) is 44.4 Å². The Kier molecular flexibility index (Phi) is 7.80. The Hall–Kier alpha value is -2.97. The SMILES string of the molecule is CCCOC(=O)C1=C(C)Nc2nc(SCc3ccccc3Cl)nn2C1c1ccccc1OCC. The van der Waals surface area contributed by atoms with E-state index in [4.69, 9.17) is 26.2 Å². The molecule has 0 saturated heterocycles. The Labute approximate surface area is 208 Å². The minimum atomic E-state index is -0.537. The molecule has 1 atom stereocenters. The highest BCUT2D eigenvalue weighted by atomic mass is 35.5. The summed E-state index contributed by atoms with van der Waals surface area (Å²) in [4.78, 5) is 17.8. The van der Waals surface area contributed by atoms with Crippen molar-refractivity contribution in [3.63, 3.8) is 0 Å². The molecule has 0 amide bonds. The predicted octanol–water partition coefficient (Wildman–Crippen LogP) is 5.86. The number of carbonyl (C=O) groups excluding carboxylic acids is 1. The van der Waals surface area contributed by atoms with Crippen molar-refractivity contribution in [1.29, 1.82) is 0 Å². The van der Waals surface area contributed by atoms with Crippen molar-refractivity contribution in [2.24, 2.45) is 0 Å². The normalized spacial score (nSPS) is 15.0. The van der Waals surface area contributed by atoms with Crippen LogP contribution in [-0.2, 0) is 15.3 Å². The minimum Gasteiger partial charge on any atom is -0.494 e. The number of anilines is 1. The van der Waals surface area contributed by atoms with Crippen molar-refractivity contribution in [2.45, 2.75) is 44.1 Å². The van der Waals surface area contributed by atoms with Crippen LogP contribution in [0.15, 0.2) is 65.0 Å².